The first-order valence-corrected chi connectivity index (χ1v) is 7.02. The van der Waals surface area contributed by atoms with Crippen molar-refractivity contribution in [3.63, 3.8) is 0 Å². The highest BCUT2D eigenvalue weighted by molar-refractivity contribution is 5.05. The second-order valence-corrected chi connectivity index (χ2v) is 5.25. The number of nitrogens with zero attached hydrogens (tertiary/aromatic N) is 2. The van der Waals surface area contributed by atoms with Gasteiger partial charge in [-0.25, -0.2) is 4.98 Å². The Morgan fingerprint density at radius 3 is 2.59 bits per heavy atom. The third-order valence-corrected chi connectivity index (χ3v) is 3.84. The average molecular weight is 235 g/mol. The van der Waals surface area contributed by atoms with Crippen molar-refractivity contribution in [3.05, 3.63) is 18.2 Å². The number of imidazole rings is 1. The van der Waals surface area contributed by atoms with Gasteiger partial charge in [-0.3, -0.25) is 0 Å². The smallest absolute Gasteiger partial charge is 0.0947 e. The minimum Gasteiger partial charge on any atom is -0.340 e. The third-order valence-electron chi connectivity index (χ3n) is 3.84. The summed E-state index contributed by atoms with van der Waals surface area (Å²) in [4.78, 5) is 4.54. The fourth-order valence-electron chi connectivity index (χ4n) is 2.97. The molecule has 1 N–H and O–H groups in total. The van der Waals surface area contributed by atoms with E-state index in [-0.39, 0.29) is 0 Å². The molecule has 0 saturated heterocycles. The fourth-order valence-corrected chi connectivity index (χ4v) is 2.97. The van der Waals surface area contributed by atoms with Crippen LogP contribution in [-0.4, -0.2) is 16.1 Å². The van der Waals surface area contributed by atoms with E-state index in [0.29, 0.717) is 6.04 Å². The maximum absolute atomic E-state index is 4.54. The van der Waals surface area contributed by atoms with Crippen LogP contribution in [0.3, 0.4) is 0 Å². The van der Waals surface area contributed by atoms with Gasteiger partial charge < -0.3 is 9.88 Å². The lowest BCUT2D eigenvalue weighted by Gasteiger charge is -2.25. The van der Waals surface area contributed by atoms with Crippen LogP contribution >= 0.6 is 0 Å². The zero-order valence-corrected chi connectivity index (χ0v) is 11.2. The normalized spacial score (nSPS) is 20.1. The molecule has 0 aliphatic heterocycles. The van der Waals surface area contributed by atoms with Crippen molar-refractivity contribution >= 4 is 0 Å². The van der Waals surface area contributed by atoms with Gasteiger partial charge in [-0.05, 0) is 25.3 Å². The summed E-state index contributed by atoms with van der Waals surface area (Å²) in [5.41, 5.74) is 1.22. The number of rotatable bonds is 4. The second-order valence-electron chi connectivity index (χ2n) is 5.25. The van der Waals surface area contributed by atoms with Gasteiger partial charge in [0.1, 0.15) is 0 Å². The van der Waals surface area contributed by atoms with Gasteiger partial charge >= 0.3 is 0 Å². The molecule has 0 spiro atoms. The molecule has 1 saturated carbocycles. The summed E-state index contributed by atoms with van der Waals surface area (Å²) < 4.78 is 2.05. The van der Waals surface area contributed by atoms with Crippen LogP contribution < -0.4 is 5.32 Å². The molecule has 0 bridgehead atoms. The number of hydrogen-bond acceptors (Lipinski definition) is 2. The molecule has 1 aromatic heterocycles. The SMILES string of the molecule is CCNC(c1cn(C)cn1)C1CCCCCC1. The molecule has 1 aliphatic carbocycles. The van der Waals surface area contributed by atoms with Gasteiger partial charge in [0, 0.05) is 13.2 Å². The van der Waals surface area contributed by atoms with Crippen molar-refractivity contribution in [1.82, 2.24) is 14.9 Å². The van der Waals surface area contributed by atoms with Crippen LogP contribution in [0.2, 0.25) is 0 Å². The van der Waals surface area contributed by atoms with E-state index in [1.807, 2.05) is 13.4 Å². The molecule has 0 aromatic carbocycles. The van der Waals surface area contributed by atoms with Crippen LogP contribution in [0.5, 0.6) is 0 Å². The number of hydrogen-bond donors (Lipinski definition) is 1. The maximum atomic E-state index is 4.54. The molecule has 3 nitrogen and oxygen atoms in total. The Balaban J connectivity index is 2.09. The van der Waals surface area contributed by atoms with Gasteiger partial charge in [-0.1, -0.05) is 32.6 Å². The largest absolute Gasteiger partial charge is 0.340 e. The van der Waals surface area contributed by atoms with E-state index in [1.165, 1.54) is 44.2 Å². The Kier molecular flexibility index (Phi) is 4.60. The number of aromatic nitrogens is 2. The van der Waals surface area contributed by atoms with Gasteiger partial charge in [-0.15, -0.1) is 0 Å². The monoisotopic (exact) mass is 235 g/mol. The number of aryl methyl sites for hydroxylation is 1. The summed E-state index contributed by atoms with van der Waals surface area (Å²) >= 11 is 0. The molecule has 1 heterocycles. The highest BCUT2D eigenvalue weighted by Gasteiger charge is 2.24. The second kappa shape index (κ2) is 6.20. The van der Waals surface area contributed by atoms with E-state index < -0.39 is 0 Å². The summed E-state index contributed by atoms with van der Waals surface area (Å²) in [5.74, 6) is 0.771. The highest BCUT2D eigenvalue weighted by Crippen LogP contribution is 2.32. The van der Waals surface area contributed by atoms with Crippen LogP contribution in [-0.2, 0) is 7.05 Å². The van der Waals surface area contributed by atoms with Crippen molar-refractivity contribution in [2.24, 2.45) is 13.0 Å². The molecule has 0 radical (unpaired) electrons. The predicted octanol–water partition coefficient (Wildman–Crippen LogP) is 3.04. The molecular formula is C14H25N3. The molecule has 1 fully saturated rings. The summed E-state index contributed by atoms with van der Waals surface area (Å²) in [5, 5.41) is 3.63. The van der Waals surface area contributed by atoms with Gasteiger partial charge in [0.15, 0.2) is 0 Å². The van der Waals surface area contributed by atoms with Crippen LogP contribution in [0, 0.1) is 5.92 Å². The quantitative estimate of drug-likeness (QED) is 0.813. The first-order valence-electron chi connectivity index (χ1n) is 7.02. The van der Waals surface area contributed by atoms with E-state index in [9.17, 15) is 0 Å². The zero-order chi connectivity index (χ0) is 12.1. The van der Waals surface area contributed by atoms with E-state index in [2.05, 4.69) is 28.0 Å². The summed E-state index contributed by atoms with van der Waals surface area (Å²) in [6, 6.07) is 0.458. The van der Waals surface area contributed by atoms with Crippen LogP contribution in [0.1, 0.15) is 57.2 Å². The first-order chi connectivity index (χ1) is 8.31. The maximum Gasteiger partial charge on any atom is 0.0947 e. The van der Waals surface area contributed by atoms with Gasteiger partial charge in [0.05, 0.1) is 18.1 Å². The lowest BCUT2D eigenvalue weighted by molar-refractivity contribution is 0.325. The van der Waals surface area contributed by atoms with Gasteiger partial charge in [0.2, 0.25) is 0 Å². The Morgan fingerprint density at radius 1 is 1.35 bits per heavy atom. The molecule has 1 atom stereocenters. The van der Waals surface area contributed by atoms with Crippen molar-refractivity contribution in [2.45, 2.75) is 51.5 Å². The Bertz CT molecular complexity index is 324. The van der Waals surface area contributed by atoms with E-state index >= 15 is 0 Å². The molecule has 3 heteroatoms. The van der Waals surface area contributed by atoms with Crippen molar-refractivity contribution in [3.8, 4) is 0 Å². The molecule has 1 unspecified atom stereocenters. The minimum atomic E-state index is 0.458. The van der Waals surface area contributed by atoms with Crippen LogP contribution in [0.4, 0.5) is 0 Å². The third kappa shape index (κ3) is 3.32. The average Bonchev–Trinajstić information content (AvgIpc) is 2.60. The van der Waals surface area contributed by atoms with E-state index in [4.69, 9.17) is 0 Å². The van der Waals surface area contributed by atoms with E-state index in [1.54, 1.807) is 0 Å². The Hall–Kier alpha value is -0.830. The molecule has 2 rings (SSSR count). The summed E-state index contributed by atoms with van der Waals surface area (Å²) in [6.45, 7) is 3.21. The molecular weight excluding hydrogens is 210 g/mol. The lowest BCUT2D eigenvalue weighted by Crippen LogP contribution is -2.28. The molecule has 17 heavy (non-hydrogen) atoms. The molecule has 1 aromatic rings. The predicted molar refractivity (Wildman–Crippen MR) is 70.8 cm³/mol. The first kappa shape index (κ1) is 12.6. The lowest BCUT2D eigenvalue weighted by atomic mass is 9.90. The van der Waals surface area contributed by atoms with Crippen molar-refractivity contribution < 1.29 is 0 Å². The number of nitrogens with one attached hydrogen (secondary N) is 1. The van der Waals surface area contributed by atoms with Gasteiger partial charge in [0.25, 0.3) is 0 Å². The Morgan fingerprint density at radius 2 is 2.06 bits per heavy atom. The molecule has 96 valence electrons. The topological polar surface area (TPSA) is 29.9 Å². The summed E-state index contributed by atoms with van der Waals surface area (Å²) in [6.07, 6.45) is 12.4. The van der Waals surface area contributed by atoms with Crippen LogP contribution in [0.15, 0.2) is 12.5 Å². The van der Waals surface area contributed by atoms with Crippen molar-refractivity contribution in [1.29, 1.82) is 0 Å². The van der Waals surface area contributed by atoms with Crippen molar-refractivity contribution in [2.75, 3.05) is 6.54 Å². The van der Waals surface area contributed by atoms with Crippen LogP contribution in [0.25, 0.3) is 0 Å². The van der Waals surface area contributed by atoms with E-state index in [0.717, 1.165) is 12.5 Å². The summed E-state index contributed by atoms with van der Waals surface area (Å²) in [7, 11) is 2.05. The zero-order valence-electron chi connectivity index (χ0n) is 11.2. The molecule has 1 aliphatic rings. The fraction of sp³-hybridized carbons (Fsp3) is 0.786. The minimum absolute atomic E-state index is 0.458. The van der Waals surface area contributed by atoms with Gasteiger partial charge in [-0.2, -0.15) is 0 Å². The standard InChI is InChI=1S/C14H25N3/c1-3-15-14(13-10-17(2)11-16-13)12-8-6-4-5-7-9-12/h10-12,14-15H,3-9H2,1-2H3. The molecule has 0 amide bonds. The Labute approximate surface area is 105 Å². The highest BCUT2D eigenvalue weighted by atomic mass is 15.0.